The topological polar surface area (TPSA) is 52.3 Å². The molecule has 0 saturated heterocycles. The lowest BCUT2D eigenvalue weighted by Crippen LogP contribution is -2.17. The number of carbonyl (C=O) groups excluding carboxylic acids is 1. The van der Waals surface area contributed by atoms with Crippen LogP contribution in [0.4, 0.5) is 5.69 Å². The molecule has 0 aromatic heterocycles. The normalized spacial score (nSPS) is 12.2. The lowest BCUT2D eigenvalue weighted by Gasteiger charge is -2.13. The van der Waals surface area contributed by atoms with Crippen LogP contribution in [0, 0.1) is 12.8 Å². The quantitative estimate of drug-likeness (QED) is 0.627. The standard InChI is InChI=1S/C13H19NO2/c1-4-16-13(15)9(2)8-11-6-5-7-12(14)10(11)3/h5-7,9H,4,8,14H2,1-3H3/t9-/m1/s1. The molecule has 1 atom stereocenters. The summed E-state index contributed by atoms with van der Waals surface area (Å²) < 4.78 is 4.98. The molecule has 1 aromatic carbocycles. The molecule has 16 heavy (non-hydrogen) atoms. The van der Waals surface area contributed by atoms with Crippen LogP contribution in [0.25, 0.3) is 0 Å². The van der Waals surface area contributed by atoms with Crippen LogP contribution in [0.5, 0.6) is 0 Å². The SMILES string of the molecule is CCOC(=O)[C@H](C)Cc1cccc(N)c1C. The largest absolute Gasteiger partial charge is 0.466 e. The van der Waals surface area contributed by atoms with E-state index in [9.17, 15) is 4.79 Å². The van der Waals surface area contributed by atoms with E-state index in [0.717, 1.165) is 16.8 Å². The van der Waals surface area contributed by atoms with Crippen molar-refractivity contribution in [1.29, 1.82) is 0 Å². The van der Waals surface area contributed by atoms with Gasteiger partial charge in [-0.3, -0.25) is 4.79 Å². The highest BCUT2D eigenvalue weighted by atomic mass is 16.5. The van der Waals surface area contributed by atoms with Crippen LogP contribution < -0.4 is 5.73 Å². The average Bonchev–Trinajstić information content (AvgIpc) is 2.25. The number of nitrogen functional groups attached to an aromatic ring is 1. The minimum atomic E-state index is -0.149. The highest BCUT2D eigenvalue weighted by Crippen LogP contribution is 2.19. The van der Waals surface area contributed by atoms with Crippen LogP contribution in [0.3, 0.4) is 0 Å². The Balaban J connectivity index is 2.73. The molecule has 1 aromatic rings. The van der Waals surface area contributed by atoms with Gasteiger partial charge >= 0.3 is 5.97 Å². The second kappa shape index (κ2) is 5.54. The Kier molecular flexibility index (Phi) is 4.35. The maximum atomic E-state index is 11.5. The van der Waals surface area contributed by atoms with Crippen LogP contribution in [0.2, 0.25) is 0 Å². The smallest absolute Gasteiger partial charge is 0.308 e. The number of nitrogens with two attached hydrogens (primary N) is 1. The van der Waals surface area contributed by atoms with E-state index >= 15 is 0 Å². The van der Waals surface area contributed by atoms with Gasteiger partial charge in [0.15, 0.2) is 0 Å². The average molecular weight is 221 g/mol. The molecule has 0 heterocycles. The van der Waals surface area contributed by atoms with Crippen molar-refractivity contribution in [3.63, 3.8) is 0 Å². The van der Waals surface area contributed by atoms with Crippen LogP contribution in [0.1, 0.15) is 25.0 Å². The van der Waals surface area contributed by atoms with E-state index in [2.05, 4.69) is 0 Å². The van der Waals surface area contributed by atoms with E-state index in [-0.39, 0.29) is 11.9 Å². The maximum Gasteiger partial charge on any atom is 0.308 e. The van der Waals surface area contributed by atoms with Gasteiger partial charge in [0.2, 0.25) is 0 Å². The van der Waals surface area contributed by atoms with Crippen molar-refractivity contribution in [2.75, 3.05) is 12.3 Å². The van der Waals surface area contributed by atoms with Gasteiger partial charge in [-0.1, -0.05) is 19.1 Å². The molecule has 0 aliphatic heterocycles. The van der Waals surface area contributed by atoms with Gasteiger partial charge in [0.1, 0.15) is 0 Å². The van der Waals surface area contributed by atoms with E-state index in [1.807, 2.05) is 39.0 Å². The van der Waals surface area contributed by atoms with E-state index in [1.165, 1.54) is 0 Å². The van der Waals surface area contributed by atoms with E-state index in [4.69, 9.17) is 10.5 Å². The van der Waals surface area contributed by atoms with Crippen molar-refractivity contribution in [2.24, 2.45) is 5.92 Å². The van der Waals surface area contributed by atoms with Gasteiger partial charge in [-0.05, 0) is 37.5 Å². The van der Waals surface area contributed by atoms with Crippen LogP contribution in [-0.4, -0.2) is 12.6 Å². The monoisotopic (exact) mass is 221 g/mol. The predicted molar refractivity (Wildman–Crippen MR) is 65.1 cm³/mol. The Labute approximate surface area is 96.6 Å². The summed E-state index contributed by atoms with van der Waals surface area (Å²) in [6.07, 6.45) is 0.676. The third-order valence-electron chi connectivity index (χ3n) is 2.70. The first-order valence-corrected chi connectivity index (χ1v) is 5.56. The molecule has 0 radical (unpaired) electrons. The molecule has 0 aliphatic carbocycles. The van der Waals surface area contributed by atoms with Gasteiger partial charge in [-0.25, -0.2) is 0 Å². The second-order valence-corrected chi connectivity index (χ2v) is 3.99. The van der Waals surface area contributed by atoms with Gasteiger partial charge in [0.25, 0.3) is 0 Å². The van der Waals surface area contributed by atoms with E-state index in [0.29, 0.717) is 13.0 Å². The molecular weight excluding hydrogens is 202 g/mol. The molecule has 0 amide bonds. The van der Waals surface area contributed by atoms with Crippen LogP contribution >= 0.6 is 0 Å². The van der Waals surface area contributed by atoms with Gasteiger partial charge in [0, 0.05) is 5.69 Å². The lowest BCUT2D eigenvalue weighted by molar-refractivity contribution is -0.147. The molecule has 88 valence electrons. The second-order valence-electron chi connectivity index (χ2n) is 3.99. The Hall–Kier alpha value is -1.51. The molecule has 1 rings (SSSR count). The molecular formula is C13H19NO2. The lowest BCUT2D eigenvalue weighted by atomic mass is 9.96. The van der Waals surface area contributed by atoms with Crippen molar-refractivity contribution in [1.82, 2.24) is 0 Å². The molecule has 0 bridgehead atoms. The number of anilines is 1. The van der Waals surface area contributed by atoms with Gasteiger partial charge in [-0.15, -0.1) is 0 Å². The highest BCUT2D eigenvalue weighted by Gasteiger charge is 2.15. The third-order valence-corrected chi connectivity index (χ3v) is 2.70. The van der Waals surface area contributed by atoms with Gasteiger partial charge < -0.3 is 10.5 Å². The zero-order chi connectivity index (χ0) is 12.1. The summed E-state index contributed by atoms with van der Waals surface area (Å²) in [6, 6.07) is 5.78. The molecule has 0 unspecified atom stereocenters. The first kappa shape index (κ1) is 12.6. The Morgan fingerprint density at radius 3 is 2.81 bits per heavy atom. The highest BCUT2D eigenvalue weighted by molar-refractivity contribution is 5.72. The van der Waals surface area contributed by atoms with Crippen molar-refractivity contribution in [3.05, 3.63) is 29.3 Å². The third kappa shape index (κ3) is 2.99. The first-order valence-electron chi connectivity index (χ1n) is 5.56. The molecule has 2 N–H and O–H groups in total. The van der Waals surface area contributed by atoms with E-state index < -0.39 is 0 Å². The fourth-order valence-corrected chi connectivity index (χ4v) is 1.62. The zero-order valence-electron chi connectivity index (χ0n) is 10.1. The minimum Gasteiger partial charge on any atom is -0.466 e. The number of benzene rings is 1. The summed E-state index contributed by atoms with van der Waals surface area (Å²) in [6.45, 7) is 6.10. The molecule has 0 spiro atoms. The summed E-state index contributed by atoms with van der Waals surface area (Å²) in [4.78, 5) is 11.5. The zero-order valence-corrected chi connectivity index (χ0v) is 10.1. The van der Waals surface area contributed by atoms with Gasteiger partial charge in [-0.2, -0.15) is 0 Å². The summed E-state index contributed by atoms with van der Waals surface area (Å²) in [5, 5.41) is 0. The fourth-order valence-electron chi connectivity index (χ4n) is 1.62. The Bertz CT molecular complexity index is 374. The Morgan fingerprint density at radius 1 is 1.50 bits per heavy atom. The molecule has 0 fully saturated rings. The number of hydrogen-bond acceptors (Lipinski definition) is 3. The number of rotatable bonds is 4. The summed E-state index contributed by atoms with van der Waals surface area (Å²) >= 11 is 0. The van der Waals surface area contributed by atoms with Crippen molar-refractivity contribution in [2.45, 2.75) is 27.2 Å². The van der Waals surface area contributed by atoms with Crippen LogP contribution in [-0.2, 0) is 16.0 Å². The first-order chi connectivity index (χ1) is 7.56. The predicted octanol–water partition coefficient (Wildman–Crippen LogP) is 2.32. The minimum absolute atomic E-state index is 0.125. The molecule has 0 aliphatic rings. The van der Waals surface area contributed by atoms with E-state index in [1.54, 1.807) is 0 Å². The van der Waals surface area contributed by atoms with Crippen molar-refractivity contribution < 1.29 is 9.53 Å². The summed E-state index contributed by atoms with van der Waals surface area (Å²) in [7, 11) is 0. The molecule has 3 nitrogen and oxygen atoms in total. The summed E-state index contributed by atoms with van der Waals surface area (Å²) in [5.41, 5.74) is 8.75. The van der Waals surface area contributed by atoms with Gasteiger partial charge in [0.05, 0.1) is 12.5 Å². The number of esters is 1. The summed E-state index contributed by atoms with van der Waals surface area (Å²) in [5.74, 6) is -0.273. The number of carbonyl (C=O) groups is 1. The molecule has 0 saturated carbocycles. The van der Waals surface area contributed by atoms with Crippen LogP contribution in [0.15, 0.2) is 18.2 Å². The fraction of sp³-hybridized carbons (Fsp3) is 0.462. The molecule has 3 heteroatoms. The number of hydrogen-bond donors (Lipinski definition) is 1. The van der Waals surface area contributed by atoms with Crippen molar-refractivity contribution in [3.8, 4) is 0 Å². The van der Waals surface area contributed by atoms with Crippen molar-refractivity contribution >= 4 is 11.7 Å². The Morgan fingerprint density at radius 2 is 2.19 bits per heavy atom. The number of ether oxygens (including phenoxy) is 1. The maximum absolute atomic E-state index is 11.5.